The molecule has 0 bridgehead atoms. The molecule has 1 aromatic heterocycles. The van der Waals surface area contributed by atoms with E-state index in [1.807, 2.05) is 51.1 Å². The number of aliphatic hydroxyl groups is 2. The molecule has 3 aromatic rings. The van der Waals surface area contributed by atoms with Gasteiger partial charge >= 0.3 is 12.1 Å². The third-order valence-electron chi connectivity index (χ3n) is 6.85. The van der Waals surface area contributed by atoms with Crippen LogP contribution in [0.5, 0.6) is 0 Å². The molecule has 12 heteroatoms. The molecule has 3 rings (SSSR count). The van der Waals surface area contributed by atoms with Crippen molar-refractivity contribution in [1.82, 2.24) is 20.0 Å². The topological polar surface area (TPSA) is 137 Å². The molecule has 10 nitrogen and oxygen atoms in total. The molecule has 1 heterocycles. The number of aliphatic hydroxyl groups excluding tert-OH is 2. The van der Waals surface area contributed by atoms with Gasteiger partial charge in [0.15, 0.2) is 0 Å². The number of benzene rings is 2. The highest BCUT2D eigenvalue weighted by Gasteiger charge is 2.39. The average Bonchev–Trinajstić information content (AvgIpc) is 3.32. The molecule has 1 amide bonds. The smallest absolute Gasteiger partial charge is 0.408 e. The maximum absolute atomic E-state index is 14.9. The van der Waals surface area contributed by atoms with Crippen LogP contribution in [0.4, 0.5) is 13.6 Å². The van der Waals surface area contributed by atoms with Crippen LogP contribution in [0, 0.1) is 17.0 Å². The van der Waals surface area contributed by atoms with Crippen molar-refractivity contribution in [1.29, 1.82) is 0 Å². The van der Waals surface area contributed by atoms with Crippen molar-refractivity contribution in [3.63, 3.8) is 0 Å². The van der Waals surface area contributed by atoms with E-state index in [2.05, 4.69) is 10.4 Å². The normalized spacial score (nSPS) is 14.2. The SMILES string of the molecule is CC(C)(C)OC(=O)N[C@@H](CCN(C(O)CO)[C@@H](c1cn(-c2cc(F)ccc2F)nc1Cc1ccccc1)C(C)(C)C)C(=O)O. The summed E-state index contributed by atoms with van der Waals surface area (Å²) >= 11 is 0. The van der Waals surface area contributed by atoms with Gasteiger partial charge in [0, 0.05) is 36.8 Å². The molecule has 4 N–H and O–H groups in total. The number of rotatable bonds is 12. The van der Waals surface area contributed by atoms with E-state index in [0.29, 0.717) is 17.7 Å². The summed E-state index contributed by atoms with van der Waals surface area (Å²) in [7, 11) is 0. The largest absolute Gasteiger partial charge is 0.480 e. The Morgan fingerprint density at radius 1 is 1.07 bits per heavy atom. The maximum Gasteiger partial charge on any atom is 0.408 e. The van der Waals surface area contributed by atoms with Crippen LogP contribution in [0.15, 0.2) is 54.7 Å². The van der Waals surface area contributed by atoms with Gasteiger partial charge in [0.05, 0.1) is 12.3 Å². The van der Waals surface area contributed by atoms with E-state index in [4.69, 9.17) is 4.74 Å². The molecule has 3 atom stereocenters. The van der Waals surface area contributed by atoms with Crippen LogP contribution in [0.2, 0.25) is 0 Å². The van der Waals surface area contributed by atoms with Gasteiger partial charge < -0.3 is 25.4 Å². The standard InChI is InChI=1S/C32H42F2N4O6/c1-31(2,3)28(37(27(40)19-39)15-14-24(29(41)42)35-30(43)44-32(4,5)6)22-18-38(26-17-21(33)12-13-23(26)34)36-25(22)16-20-10-8-7-9-11-20/h7-13,17-18,24,27-28,39-40H,14-16,19H2,1-6H3,(H,35,43)(H,41,42)/t24-,27?,28-/m0/s1. The van der Waals surface area contributed by atoms with Gasteiger partial charge in [-0.05, 0) is 50.3 Å². The summed E-state index contributed by atoms with van der Waals surface area (Å²) in [6, 6.07) is 10.4. The second-order valence-electron chi connectivity index (χ2n) is 12.7. The Balaban J connectivity index is 2.09. The van der Waals surface area contributed by atoms with Crippen LogP contribution in [-0.4, -0.2) is 73.1 Å². The first-order chi connectivity index (χ1) is 20.5. The number of hydrogen-bond donors (Lipinski definition) is 4. The van der Waals surface area contributed by atoms with Gasteiger partial charge in [-0.1, -0.05) is 51.1 Å². The molecule has 0 spiro atoms. The number of halogens is 2. The van der Waals surface area contributed by atoms with Crippen molar-refractivity contribution >= 4 is 12.1 Å². The lowest BCUT2D eigenvalue weighted by molar-refractivity contribution is -0.140. The molecular formula is C32H42F2N4O6. The lowest BCUT2D eigenvalue weighted by atomic mass is 9.80. The highest BCUT2D eigenvalue weighted by Crippen LogP contribution is 2.41. The predicted octanol–water partition coefficient (Wildman–Crippen LogP) is 4.81. The van der Waals surface area contributed by atoms with E-state index in [1.165, 1.54) is 9.58 Å². The number of amides is 1. The van der Waals surface area contributed by atoms with E-state index in [-0.39, 0.29) is 18.7 Å². The molecule has 0 aliphatic carbocycles. The molecule has 2 aromatic carbocycles. The molecule has 0 saturated carbocycles. The summed E-state index contributed by atoms with van der Waals surface area (Å²) in [4.78, 5) is 26.0. The molecule has 0 aliphatic heterocycles. The molecule has 0 fully saturated rings. The van der Waals surface area contributed by atoms with Crippen molar-refractivity contribution < 1.29 is 38.4 Å². The Hall–Kier alpha value is -3.87. The molecule has 44 heavy (non-hydrogen) atoms. The highest BCUT2D eigenvalue weighted by molar-refractivity contribution is 5.80. The minimum absolute atomic E-state index is 0.0826. The van der Waals surface area contributed by atoms with Crippen molar-refractivity contribution in [2.24, 2.45) is 5.41 Å². The van der Waals surface area contributed by atoms with Gasteiger partial charge in [-0.2, -0.15) is 5.10 Å². The van der Waals surface area contributed by atoms with Gasteiger partial charge in [0.25, 0.3) is 0 Å². The second-order valence-corrected chi connectivity index (χ2v) is 12.7. The Labute approximate surface area is 256 Å². The van der Waals surface area contributed by atoms with Gasteiger partial charge in [-0.25, -0.2) is 23.1 Å². The molecule has 240 valence electrons. The van der Waals surface area contributed by atoms with Gasteiger partial charge in [-0.3, -0.25) is 4.90 Å². The summed E-state index contributed by atoms with van der Waals surface area (Å²) in [5.41, 5.74) is 0.349. The number of carbonyl (C=O) groups excluding carboxylic acids is 1. The van der Waals surface area contributed by atoms with Crippen molar-refractivity contribution in [2.75, 3.05) is 13.2 Å². The Bertz CT molecular complexity index is 1420. The number of aliphatic carboxylic acids is 1. The summed E-state index contributed by atoms with van der Waals surface area (Å²) in [6.07, 6.45) is -0.618. The van der Waals surface area contributed by atoms with E-state index in [0.717, 1.165) is 23.8 Å². The number of aromatic nitrogens is 2. The first-order valence-corrected chi connectivity index (χ1v) is 14.3. The quantitative estimate of drug-likeness (QED) is 0.213. The molecule has 0 radical (unpaired) electrons. The third kappa shape index (κ3) is 9.31. The van der Waals surface area contributed by atoms with Gasteiger partial charge in [0.1, 0.15) is 35.2 Å². The monoisotopic (exact) mass is 616 g/mol. The zero-order chi connectivity index (χ0) is 32.8. The van der Waals surface area contributed by atoms with Crippen molar-refractivity contribution in [2.45, 2.75) is 78.3 Å². The van der Waals surface area contributed by atoms with Crippen LogP contribution >= 0.6 is 0 Å². The van der Waals surface area contributed by atoms with Crippen LogP contribution in [0.3, 0.4) is 0 Å². The fraction of sp³-hybridized carbons (Fsp3) is 0.469. The highest BCUT2D eigenvalue weighted by atomic mass is 19.1. The zero-order valence-electron chi connectivity index (χ0n) is 25.9. The van der Waals surface area contributed by atoms with Crippen LogP contribution < -0.4 is 5.32 Å². The summed E-state index contributed by atoms with van der Waals surface area (Å²) in [5.74, 6) is -2.64. The number of carboxylic acid groups (broad SMARTS) is 1. The summed E-state index contributed by atoms with van der Waals surface area (Å²) < 4.78 is 35.5. The van der Waals surface area contributed by atoms with Crippen LogP contribution in [0.1, 0.15) is 70.8 Å². The van der Waals surface area contributed by atoms with Crippen LogP contribution in [0.25, 0.3) is 5.69 Å². The zero-order valence-corrected chi connectivity index (χ0v) is 25.9. The lowest BCUT2D eigenvalue weighted by Gasteiger charge is -2.42. The Kier molecular flexibility index (Phi) is 11.2. The van der Waals surface area contributed by atoms with Crippen molar-refractivity contribution in [3.8, 4) is 5.69 Å². The number of nitrogens with zero attached hydrogens (tertiary/aromatic N) is 3. The average molecular weight is 617 g/mol. The van der Waals surface area contributed by atoms with E-state index in [1.54, 1.807) is 27.0 Å². The number of ether oxygens (including phenoxy) is 1. The molecule has 1 unspecified atom stereocenters. The Morgan fingerprint density at radius 2 is 1.73 bits per heavy atom. The van der Waals surface area contributed by atoms with Gasteiger partial charge in [0.2, 0.25) is 0 Å². The predicted molar refractivity (Wildman–Crippen MR) is 160 cm³/mol. The molecular weight excluding hydrogens is 574 g/mol. The molecule has 0 aliphatic rings. The second kappa shape index (κ2) is 14.3. The number of alkyl carbamates (subject to hydrolysis) is 1. The number of nitrogens with one attached hydrogen (secondary N) is 1. The minimum atomic E-state index is -1.44. The lowest BCUT2D eigenvalue weighted by Crippen LogP contribution is -2.49. The first-order valence-electron chi connectivity index (χ1n) is 14.3. The van der Waals surface area contributed by atoms with Gasteiger partial charge in [-0.15, -0.1) is 0 Å². The van der Waals surface area contributed by atoms with E-state index >= 15 is 0 Å². The number of carbonyl (C=O) groups is 2. The molecule has 0 saturated heterocycles. The minimum Gasteiger partial charge on any atom is -0.480 e. The van der Waals surface area contributed by atoms with Crippen LogP contribution in [-0.2, 0) is 16.0 Å². The summed E-state index contributed by atoms with van der Waals surface area (Å²) in [6.45, 7) is 9.89. The third-order valence-corrected chi connectivity index (χ3v) is 6.85. The fourth-order valence-electron chi connectivity index (χ4n) is 5.05. The number of hydrogen-bond acceptors (Lipinski definition) is 7. The fourth-order valence-corrected chi connectivity index (χ4v) is 5.05. The first kappa shape index (κ1) is 34.6. The van der Waals surface area contributed by atoms with E-state index < -0.39 is 59.6 Å². The number of carboxylic acids is 1. The van der Waals surface area contributed by atoms with Crippen molar-refractivity contribution in [3.05, 3.63) is 83.2 Å². The Morgan fingerprint density at radius 3 is 2.30 bits per heavy atom. The summed E-state index contributed by atoms with van der Waals surface area (Å²) in [5, 5.41) is 38.0. The maximum atomic E-state index is 14.9. The van der Waals surface area contributed by atoms with E-state index in [9.17, 15) is 33.7 Å².